The fourth-order valence-electron chi connectivity index (χ4n) is 2.67. The van der Waals surface area contributed by atoms with Crippen molar-refractivity contribution in [3.63, 3.8) is 0 Å². The first-order valence-electron chi connectivity index (χ1n) is 8.82. The molecule has 144 valence electrons. The first kappa shape index (κ1) is 20.3. The number of methoxy groups -OCH3 is 2. The summed E-state index contributed by atoms with van der Waals surface area (Å²) in [6.45, 7) is 3.89. The van der Waals surface area contributed by atoms with Crippen LogP contribution in [0.15, 0.2) is 36.4 Å². The molecule has 2 N–H and O–H groups in total. The number of carbonyl (C=O) groups is 2. The largest absolute Gasteiger partial charge is 0.495 e. The zero-order valence-corrected chi connectivity index (χ0v) is 16.2. The number of benzene rings is 2. The molecule has 0 atom stereocenters. The molecular weight excluding hydrogens is 344 g/mol. The van der Waals surface area contributed by atoms with Gasteiger partial charge in [-0.1, -0.05) is 12.1 Å². The maximum Gasteiger partial charge on any atom is 0.224 e. The van der Waals surface area contributed by atoms with E-state index in [1.54, 1.807) is 14.2 Å². The van der Waals surface area contributed by atoms with Gasteiger partial charge in [0.2, 0.25) is 11.8 Å². The zero-order valence-electron chi connectivity index (χ0n) is 16.2. The lowest BCUT2D eigenvalue weighted by molar-refractivity contribution is -0.117. The van der Waals surface area contributed by atoms with Crippen molar-refractivity contribution >= 4 is 23.2 Å². The minimum absolute atomic E-state index is 0.153. The first-order chi connectivity index (χ1) is 12.9. The Morgan fingerprint density at radius 1 is 0.778 bits per heavy atom. The van der Waals surface area contributed by atoms with E-state index in [0.29, 0.717) is 29.3 Å². The van der Waals surface area contributed by atoms with Gasteiger partial charge in [-0.25, -0.2) is 0 Å². The number of anilines is 2. The standard InChI is InChI=1S/C21H26N2O4/c1-14-8-10-18(26-3)16(12-14)22-20(24)6-5-7-21(25)23-17-13-15(2)9-11-19(17)27-4/h8-13H,5-7H2,1-4H3,(H,22,24)(H,23,25). The maximum atomic E-state index is 12.2. The third-order valence-corrected chi connectivity index (χ3v) is 4.07. The fourth-order valence-corrected chi connectivity index (χ4v) is 2.67. The number of amides is 2. The van der Waals surface area contributed by atoms with Crippen LogP contribution in [0.25, 0.3) is 0 Å². The van der Waals surface area contributed by atoms with Crippen molar-refractivity contribution < 1.29 is 19.1 Å². The summed E-state index contributed by atoms with van der Waals surface area (Å²) in [5.41, 5.74) is 3.32. The topological polar surface area (TPSA) is 76.7 Å². The van der Waals surface area contributed by atoms with E-state index in [1.807, 2.05) is 50.2 Å². The van der Waals surface area contributed by atoms with Crippen LogP contribution in [-0.2, 0) is 9.59 Å². The molecule has 27 heavy (non-hydrogen) atoms. The van der Waals surface area contributed by atoms with Gasteiger partial charge in [0.25, 0.3) is 0 Å². The van der Waals surface area contributed by atoms with Crippen molar-refractivity contribution in [3.8, 4) is 11.5 Å². The van der Waals surface area contributed by atoms with E-state index in [9.17, 15) is 9.59 Å². The molecule has 0 aromatic heterocycles. The minimum Gasteiger partial charge on any atom is -0.495 e. The van der Waals surface area contributed by atoms with E-state index in [0.717, 1.165) is 11.1 Å². The van der Waals surface area contributed by atoms with Gasteiger partial charge in [0, 0.05) is 12.8 Å². The number of ether oxygens (including phenoxy) is 2. The molecule has 2 aromatic carbocycles. The molecule has 0 aliphatic rings. The Morgan fingerprint density at radius 3 is 1.56 bits per heavy atom. The number of hydrogen-bond donors (Lipinski definition) is 2. The average molecular weight is 370 g/mol. The second kappa shape index (κ2) is 9.62. The molecule has 0 radical (unpaired) electrons. The Kier molecular flexibility index (Phi) is 7.23. The molecule has 6 heteroatoms. The van der Waals surface area contributed by atoms with Gasteiger partial charge in [0.1, 0.15) is 11.5 Å². The number of aryl methyl sites for hydroxylation is 2. The van der Waals surface area contributed by atoms with Crippen LogP contribution in [0.2, 0.25) is 0 Å². The minimum atomic E-state index is -0.153. The predicted octanol–water partition coefficient (Wildman–Crippen LogP) is 4.07. The van der Waals surface area contributed by atoms with E-state index >= 15 is 0 Å². The Hall–Kier alpha value is -3.02. The lowest BCUT2D eigenvalue weighted by Crippen LogP contribution is -2.15. The second-order valence-corrected chi connectivity index (χ2v) is 6.36. The summed E-state index contributed by atoms with van der Waals surface area (Å²) in [6.07, 6.45) is 0.935. The van der Waals surface area contributed by atoms with E-state index < -0.39 is 0 Å². The highest BCUT2D eigenvalue weighted by Crippen LogP contribution is 2.26. The van der Waals surface area contributed by atoms with E-state index in [1.165, 1.54) is 0 Å². The SMILES string of the molecule is COc1ccc(C)cc1NC(=O)CCCC(=O)Nc1cc(C)ccc1OC. The molecule has 2 amide bonds. The molecule has 0 saturated heterocycles. The summed E-state index contributed by atoms with van der Waals surface area (Å²) in [7, 11) is 3.12. The van der Waals surface area contributed by atoms with Crippen molar-refractivity contribution in [1.29, 1.82) is 0 Å². The van der Waals surface area contributed by atoms with E-state index in [-0.39, 0.29) is 24.7 Å². The molecule has 0 saturated carbocycles. The van der Waals surface area contributed by atoms with Gasteiger partial charge in [-0.05, 0) is 55.7 Å². The Morgan fingerprint density at radius 2 is 1.19 bits per heavy atom. The van der Waals surface area contributed by atoms with Crippen LogP contribution in [0.3, 0.4) is 0 Å². The molecule has 0 heterocycles. The van der Waals surface area contributed by atoms with Gasteiger partial charge >= 0.3 is 0 Å². The molecule has 0 aliphatic carbocycles. The van der Waals surface area contributed by atoms with Gasteiger partial charge < -0.3 is 20.1 Å². The van der Waals surface area contributed by atoms with Crippen molar-refractivity contribution in [2.75, 3.05) is 24.9 Å². The van der Waals surface area contributed by atoms with E-state index in [4.69, 9.17) is 9.47 Å². The highest BCUT2D eigenvalue weighted by atomic mass is 16.5. The lowest BCUT2D eigenvalue weighted by atomic mass is 10.1. The molecule has 0 unspecified atom stereocenters. The van der Waals surface area contributed by atoms with Gasteiger partial charge in [-0.15, -0.1) is 0 Å². The number of carbonyl (C=O) groups excluding carboxylic acids is 2. The predicted molar refractivity (Wildman–Crippen MR) is 107 cm³/mol. The van der Waals surface area contributed by atoms with Gasteiger partial charge in [0.05, 0.1) is 25.6 Å². The van der Waals surface area contributed by atoms with Gasteiger partial charge in [0.15, 0.2) is 0 Å². The highest BCUT2D eigenvalue weighted by Gasteiger charge is 2.11. The van der Waals surface area contributed by atoms with Crippen LogP contribution in [0, 0.1) is 13.8 Å². The molecule has 0 fully saturated rings. The number of rotatable bonds is 8. The summed E-state index contributed by atoms with van der Waals surface area (Å²) >= 11 is 0. The lowest BCUT2D eigenvalue weighted by Gasteiger charge is -2.12. The fraction of sp³-hybridized carbons (Fsp3) is 0.333. The quantitative estimate of drug-likeness (QED) is 0.734. The Balaban J connectivity index is 1.84. The monoisotopic (exact) mass is 370 g/mol. The number of hydrogen-bond acceptors (Lipinski definition) is 4. The van der Waals surface area contributed by atoms with Gasteiger partial charge in [-0.2, -0.15) is 0 Å². The first-order valence-corrected chi connectivity index (χ1v) is 8.82. The third-order valence-electron chi connectivity index (χ3n) is 4.07. The second-order valence-electron chi connectivity index (χ2n) is 6.36. The molecule has 0 aliphatic heterocycles. The summed E-state index contributed by atoms with van der Waals surface area (Å²) in [5, 5.41) is 5.67. The van der Waals surface area contributed by atoms with Crippen molar-refractivity contribution in [2.45, 2.75) is 33.1 Å². The van der Waals surface area contributed by atoms with Gasteiger partial charge in [-0.3, -0.25) is 9.59 Å². The molecule has 2 aromatic rings. The highest BCUT2D eigenvalue weighted by molar-refractivity contribution is 5.94. The summed E-state index contributed by atoms with van der Waals surface area (Å²) in [4.78, 5) is 24.3. The third kappa shape index (κ3) is 6.02. The average Bonchev–Trinajstić information content (AvgIpc) is 2.62. The molecule has 0 spiro atoms. The smallest absolute Gasteiger partial charge is 0.224 e. The molecule has 2 rings (SSSR count). The summed E-state index contributed by atoms with van der Waals surface area (Å²) in [5.74, 6) is 0.913. The van der Waals surface area contributed by atoms with Crippen LogP contribution in [0.5, 0.6) is 11.5 Å². The zero-order chi connectivity index (χ0) is 19.8. The molecule has 0 bridgehead atoms. The van der Waals surface area contributed by atoms with Crippen molar-refractivity contribution in [3.05, 3.63) is 47.5 Å². The van der Waals surface area contributed by atoms with Crippen LogP contribution in [0.4, 0.5) is 11.4 Å². The summed E-state index contributed by atoms with van der Waals surface area (Å²) < 4.78 is 10.5. The van der Waals surface area contributed by atoms with Crippen LogP contribution in [-0.4, -0.2) is 26.0 Å². The molecule has 6 nitrogen and oxygen atoms in total. The Labute approximate surface area is 159 Å². The van der Waals surface area contributed by atoms with Crippen LogP contribution >= 0.6 is 0 Å². The number of nitrogens with one attached hydrogen (secondary N) is 2. The van der Waals surface area contributed by atoms with Crippen molar-refractivity contribution in [2.24, 2.45) is 0 Å². The van der Waals surface area contributed by atoms with Crippen molar-refractivity contribution in [1.82, 2.24) is 0 Å². The normalized spacial score (nSPS) is 10.2. The maximum absolute atomic E-state index is 12.2. The molecular formula is C21H26N2O4. The van der Waals surface area contributed by atoms with E-state index in [2.05, 4.69) is 10.6 Å². The van der Waals surface area contributed by atoms with Crippen LogP contribution < -0.4 is 20.1 Å². The van der Waals surface area contributed by atoms with Crippen LogP contribution in [0.1, 0.15) is 30.4 Å². The summed E-state index contributed by atoms with van der Waals surface area (Å²) in [6, 6.07) is 11.2. The Bertz CT molecular complexity index is 750.